The van der Waals surface area contributed by atoms with Crippen LogP contribution in [0.2, 0.25) is 0 Å². The average molecular weight is 404 g/mol. The van der Waals surface area contributed by atoms with Gasteiger partial charge in [-0.3, -0.25) is 19.4 Å². The summed E-state index contributed by atoms with van der Waals surface area (Å²) in [5.74, 6) is 0.514. The standard InChI is InChI=1S/C19H22BrN3O2/c1-4-18-10-22-8-17(2,15(18)24)9-23(11-18)19(22)13-7-12(20)5-6-14(13)21(3)16(19)25/h5-7H,4,8-11H2,1-3H3. The Bertz CT molecular complexity index is 820. The fraction of sp³-hybridized carbons (Fsp3) is 0.579. The third-order valence-corrected chi connectivity index (χ3v) is 7.48. The predicted molar refractivity (Wildman–Crippen MR) is 98.2 cm³/mol. The Morgan fingerprint density at radius 1 is 1.12 bits per heavy atom. The summed E-state index contributed by atoms with van der Waals surface area (Å²) >= 11 is 3.58. The quantitative estimate of drug-likeness (QED) is 0.720. The number of halogens is 1. The van der Waals surface area contributed by atoms with E-state index >= 15 is 0 Å². The highest BCUT2D eigenvalue weighted by molar-refractivity contribution is 9.10. The van der Waals surface area contributed by atoms with Crippen LogP contribution in [-0.4, -0.2) is 54.7 Å². The molecule has 2 unspecified atom stereocenters. The minimum absolute atomic E-state index is 0.113. The Morgan fingerprint density at radius 3 is 2.36 bits per heavy atom. The zero-order valence-electron chi connectivity index (χ0n) is 14.8. The second-order valence-corrected chi connectivity index (χ2v) is 9.35. The van der Waals surface area contributed by atoms with E-state index in [0.29, 0.717) is 32.0 Å². The van der Waals surface area contributed by atoms with E-state index in [1.807, 2.05) is 19.2 Å². The minimum Gasteiger partial charge on any atom is -0.312 e. The van der Waals surface area contributed by atoms with E-state index in [1.165, 1.54) is 0 Å². The molecule has 5 nitrogen and oxygen atoms in total. The molecule has 0 aromatic heterocycles. The van der Waals surface area contributed by atoms with Crippen LogP contribution in [0.15, 0.2) is 22.7 Å². The van der Waals surface area contributed by atoms with Crippen LogP contribution in [-0.2, 0) is 15.3 Å². The minimum atomic E-state index is -0.743. The van der Waals surface area contributed by atoms with Crippen molar-refractivity contribution in [1.82, 2.24) is 9.80 Å². The van der Waals surface area contributed by atoms with E-state index in [2.05, 4.69) is 45.6 Å². The second kappa shape index (κ2) is 4.53. The van der Waals surface area contributed by atoms with Crippen LogP contribution in [0.4, 0.5) is 5.69 Å². The van der Waals surface area contributed by atoms with Crippen molar-refractivity contribution in [3.05, 3.63) is 28.2 Å². The van der Waals surface area contributed by atoms with Crippen molar-refractivity contribution in [2.75, 3.05) is 38.1 Å². The summed E-state index contributed by atoms with van der Waals surface area (Å²) in [5, 5.41) is 0. The van der Waals surface area contributed by atoms with Gasteiger partial charge in [0.25, 0.3) is 5.91 Å². The molecule has 6 heteroatoms. The summed E-state index contributed by atoms with van der Waals surface area (Å²) in [7, 11) is 1.86. The lowest BCUT2D eigenvalue weighted by molar-refractivity contribution is -0.231. The third-order valence-electron chi connectivity index (χ3n) is 6.99. The summed E-state index contributed by atoms with van der Waals surface area (Å²) in [4.78, 5) is 33.0. The first-order valence-electron chi connectivity index (χ1n) is 8.92. The monoisotopic (exact) mass is 403 g/mol. The third kappa shape index (κ3) is 1.58. The normalized spacial score (nSPS) is 44.1. The molecule has 5 aliphatic rings. The molecule has 1 amide bonds. The molecule has 0 aliphatic carbocycles. The number of fused-ring (bicyclic) bond motifs is 1. The first-order valence-corrected chi connectivity index (χ1v) is 9.71. The van der Waals surface area contributed by atoms with E-state index in [0.717, 1.165) is 22.1 Å². The molecule has 25 heavy (non-hydrogen) atoms. The van der Waals surface area contributed by atoms with Gasteiger partial charge in [0, 0.05) is 43.3 Å². The number of ketones is 1. The molecule has 0 N–H and O–H groups in total. The maximum Gasteiger partial charge on any atom is 0.267 e. The van der Waals surface area contributed by atoms with E-state index in [1.54, 1.807) is 4.90 Å². The smallest absolute Gasteiger partial charge is 0.267 e. The van der Waals surface area contributed by atoms with Gasteiger partial charge in [0.05, 0.1) is 16.5 Å². The summed E-state index contributed by atoms with van der Waals surface area (Å²) in [6.45, 7) is 6.87. The van der Waals surface area contributed by atoms with Crippen LogP contribution >= 0.6 is 15.9 Å². The number of likely N-dealkylation sites (N-methyl/N-ethyl adjacent to an activating group) is 1. The fourth-order valence-corrected chi connectivity index (χ4v) is 6.26. The lowest BCUT2D eigenvalue weighted by Gasteiger charge is -2.68. The highest BCUT2D eigenvalue weighted by Crippen LogP contribution is 2.59. The van der Waals surface area contributed by atoms with Crippen LogP contribution in [0.3, 0.4) is 0 Å². The number of amides is 1. The van der Waals surface area contributed by atoms with Crippen molar-refractivity contribution in [3.63, 3.8) is 0 Å². The number of carbonyl (C=O) groups is 2. The van der Waals surface area contributed by atoms with Gasteiger partial charge in [0.15, 0.2) is 5.66 Å². The molecule has 4 saturated heterocycles. The summed E-state index contributed by atoms with van der Waals surface area (Å²) in [6.07, 6.45) is 0.833. The number of carbonyl (C=O) groups excluding carboxylic acids is 2. The molecule has 4 bridgehead atoms. The van der Waals surface area contributed by atoms with Gasteiger partial charge in [-0.25, -0.2) is 0 Å². The van der Waals surface area contributed by atoms with Crippen LogP contribution in [0.1, 0.15) is 25.8 Å². The van der Waals surface area contributed by atoms with Crippen molar-refractivity contribution in [3.8, 4) is 0 Å². The molecule has 1 spiro atoms. The molecule has 0 saturated carbocycles. The molecule has 5 heterocycles. The Balaban J connectivity index is 1.75. The van der Waals surface area contributed by atoms with Crippen molar-refractivity contribution in [1.29, 1.82) is 0 Å². The van der Waals surface area contributed by atoms with Gasteiger partial charge in [-0.05, 0) is 24.6 Å². The zero-order valence-corrected chi connectivity index (χ0v) is 16.4. The molecule has 4 fully saturated rings. The average Bonchev–Trinajstić information content (AvgIpc) is 2.77. The molecule has 5 aliphatic heterocycles. The van der Waals surface area contributed by atoms with Crippen LogP contribution in [0.5, 0.6) is 0 Å². The summed E-state index contributed by atoms with van der Waals surface area (Å²) in [6, 6.07) is 6.09. The number of anilines is 1. The van der Waals surface area contributed by atoms with Gasteiger partial charge in [0.2, 0.25) is 0 Å². The highest BCUT2D eigenvalue weighted by atomic mass is 79.9. The molecule has 1 aromatic carbocycles. The van der Waals surface area contributed by atoms with Gasteiger partial charge in [-0.15, -0.1) is 0 Å². The fourth-order valence-electron chi connectivity index (χ4n) is 5.90. The number of piperidine rings is 2. The molecular formula is C19H22BrN3O2. The molecule has 132 valence electrons. The number of hydrogen-bond donors (Lipinski definition) is 0. The Kier molecular flexibility index (Phi) is 2.90. The predicted octanol–water partition coefficient (Wildman–Crippen LogP) is 2.19. The molecule has 6 rings (SSSR count). The van der Waals surface area contributed by atoms with E-state index < -0.39 is 5.66 Å². The second-order valence-electron chi connectivity index (χ2n) is 8.43. The van der Waals surface area contributed by atoms with Gasteiger partial charge in [-0.1, -0.05) is 29.8 Å². The number of rotatable bonds is 1. The lowest BCUT2D eigenvalue weighted by atomic mass is 9.58. The largest absolute Gasteiger partial charge is 0.312 e. The van der Waals surface area contributed by atoms with Crippen molar-refractivity contribution in [2.45, 2.75) is 25.9 Å². The summed E-state index contributed by atoms with van der Waals surface area (Å²) < 4.78 is 0.984. The molecule has 1 aromatic rings. The van der Waals surface area contributed by atoms with E-state index in [9.17, 15) is 9.59 Å². The SMILES string of the molecule is CCC12CN3CC(C)(CN(C1)C31C(=O)N(C)c3ccc(Br)cc31)C2=O. The van der Waals surface area contributed by atoms with E-state index in [-0.39, 0.29) is 16.7 Å². The number of nitrogens with zero attached hydrogens (tertiary/aromatic N) is 3. The number of hydrogen-bond acceptors (Lipinski definition) is 4. The lowest BCUT2D eigenvalue weighted by Crippen LogP contribution is -2.83. The Labute approximate surface area is 156 Å². The van der Waals surface area contributed by atoms with Gasteiger partial charge >= 0.3 is 0 Å². The molecule has 2 atom stereocenters. The van der Waals surface area contributed by atoms with Crippen molar-refractivity contribution >= 4 is 33.3 Å². The van der Waals surface area contributed by atoms with Crippen LogP contribution in [0.25, 0.3) is 0 Å². The first kappa shape index (κ1) is 16.0. The van der Waals surface area contributed by atoms with Crippen molar-refractivity contribution in [2.24, 2.45) is 10.8 Å². The Hall–Kier alpha value is -1.24. The molecular weight excluding hydrogens is 382 g/mol. The topological polar surface area (TPSA) is 43.9 Å². The Morgan fingerprint density at radius 2 is 1.76 bits per heavy atom. The first-order chi connectivity index (χ1) is 11.8. The highest BCUT2D eigenvalue weighted by Gasteiger charge is 2.72. The zero-order chi connectivity index (χ0) is 17.8. The van der Waals surface area contributed by atoms with Crippen LogP contribution in [0, 0.1) is 10.8 Å². The van der Waals surface area contributed by atoms with Gasteiger partial charge in [0.1, 0.15) is 5.78 Å². The number of benzene rings is 1. The van der Waals surface area contributed by atoms with Gasteiger partial charge in [-0.2, -0.15) is 0 Å². The van der Waals surface area contributed by atoms with Gasteiger partial charge < -0.3 is 4.90 Å². The van der Waals surface area contributed by atoms with E-state index in [4.69, 9.17) is 0 Å². The summed E-state index contributed by atoms with van der Waals surface area (Å²) in [5.41, 5.74) is 0.584. The van der Waals surface area contributed by atoms with Crippen molar-refractivity contribution < 1.29 is 9.59 Å². The molecule has 0 radical (unpaired) electrons. The maximum absolute atomic E-state index is 13.5. The maximum atomic E-state index is 13.5. The number of Topliss-reactive ketones (excluding diaryl/α,β-unsaturated/α-hetero) is 1. The van der Waals surface area contributed by atoms with Crippen LogP contribution < -0.4 is 4.90 Å².